The highest BCUT2D eigenvalue weighted by Crippen LogP contribution is 2.29. The first-order valence-electron chi connectivity index (χ1n) is 7.00. The Hall–Kier alpha value is -1.02. The number of aryl methyl sites for hydroxylation is 1. The van der Waals surface area contributed by atoms with Crippen LogP contribution >= 0.6 is 0 Å². The zero-order chi connectivity index (χ0) is 13.6. The Balaban J connectivity index is 2.84. The summed E-state index contributed by atoms with van der Waals surface area (Å²) in [5.74, 6) is 0. The maximum absolute atomic E-state index is 3.36. The molecule has 0 aromatic heterocycles. The van der Waals surface area contributed by atoms with Crippen LogP contribution in [0.4, 0.5) is 5.69 Å². The van der Waals surface area contributed by atoms with Crippen LogP contribution in [-0.4, -0.2) is 27.2 Å². The number of benzene rings is 1. The van der Waals surface area contributed by atoms with Gasteiger partial charge >= 0.3 is 0 Å². The van der Waals surface area contributed by atoms with E-state index in [1.807, 2.05) is 7.05 Å². The van der Waals surface area contributed by atoms with Crippen LogP contribution in [0.15, 0.2) is 24.3 Å². The highest BCUT2D eigenvalue weighted by Gasteiger charge is 2.27. The van der Waals surface area contributed by atoms with Gasteiger partial charge in [0.05, 0.1) is 0 Å². The molecule has 102 valence electrons. The molecule has 1 N–H and O–H groups in total. The van der Waals surface area contributed by atoms with Crippen LogP contribution in [-0.2, 0) is 0 Å². The summed E-state index contributed by atoms with van der Waals surface area (Å²) in [7, 11) is 4.26. The van der Waals surface area contributed by atoms with Gasteiger partial charge in [-0.15, -0.1) is 0 Å². The number of hydrogen-bond acceptors (Lipinski definition) is 2. The topological polar surface area (TPSA) is 15.3 Å². The van der Waals surface area contributed by atoms with Gasteiger partial charge in [0.2, 0.25) is 0 Å². The predicted molar refractivity (Wildman–Crippen MR) is 81.4 cm³/mol. The number of nitrogens with one attached hydrogen (secondary N) is 1. The van der Waals surface area contributed by atoms with E-state index in [2.05, 4.69) is 62.3 Å². The standard InChI is InChI=1S/C16H28N2/c1-6-16(7-2,12-17-4)13-18(5)15-11-9-8-10-14(15)3/h8-11,17H,6-7,12-13H2,1-5H3. The fourth-order valence-corrected chi connectivity index (χ4v) is 2.73. The number of rotatable bonds is 7. The summed E-state index contributed by atoms with van der Waals surface area (Å²) in [6.07, 6.45) is 2.42. The van der Waals surface area contributed by atoms with Crippen LogP contribution in [0.25, 0.3) is 0 Å². The number of hydrogen-bond donors (Lipinski definition) is 1. The lowest BCUT2D eigenvalue weighted by Crippen LogP contribution is -2.41. The van der Waals surface area contributed by atoms with E-state index in [1.165, 1.54) is 24.1 Å². The Morgan fingerprint density at radius 3 is 2.28 bits per heavy atom. The molecule has 0 radical (unpaired) electrons. The van der Waals surface area contributed by atoms with E-state index >= 15 is 0 Å². The van der Waals surface area contributed by atoms with Gasteiger partial charge in [0.1, 0.15) is 0 Å². The van der Waals surface area contributed by atoms with Crippen molar-refractivity contribution in [2.45, 2.75) is 33.6 Å². The highest BCUT2D eigenvalue weighted by molar-refractivity contribution is 5.52. The molecule has 0 spiro atoms. The fourth-order valence-electron chi connectivity index (χ4n) is 2.73. The highest BCUT2D eigenvalue weighted by atomic mass is 15.1. The van der Waals surface area contributed by atoms with Gasteiger partial charge in [0.25, 0.3) is 0 Å². The third kappa shape index (κ3) is 3.49. The first kappa shape index (κ1) is 15.0. The molecular weight excluding hydrogens is 220 g/mol. The molecule has 18 heavy (non-hydrogen) atoms. The Labute approximate surface area is 112 Å². The van der Waals surface area contributed by atoms with Crippen LogP contribution in [0, 0.1) is 12.3 Å². The Morgan fingerprint density at radius 1 is 1.17 bits per heavy atom. The summed E-state index contributed by atoms with van der Waals surface area (Å²) in [5, 5.41) is 3.36. The van der Waals surface area contributed by atoms with Gasteiger partial charge in [0, 0.05) is 25.8 Å². The summed E-state index contributed by atoms with van der Waals surface area (Å²) in [6.45, 7) is 8.96. The number of nitrogens with zero attached hydrogens (tertiary/aromatic N) is 1. The first-order chi connectivity index (χ1) is 8.58. The zero-order valence-electron chi connectivity index (χ0n) is 12.6. The normalized spacial score (nSPS) is 11.6. The van der Waals surface area contributed by atoms with E-state index in [1.54, 1.807) is 0 Å². The molecule has 0 aliphatic carbocycles. The lowest BCUT2D eigenvalue weighted by atomic mass is 9.81. The van der Waals surface area contributed by atoms with E-state index in [0.717, 1.165) is 13.1 Å². The van der Waals surface area contributed by atoms with Gasteiger partial charge in [-0.05, 0) is 43.9 Å². The summed E-state index contributed by atoms with van der Waals surface area (Å²) in [5.41, 5.74) is 3.07. The van der Waals surface area contributed by atoms with Crippen LogP contribution < -0.4 is 10.2 Å². The summed E-state index contributed by atoms with van der Waals surface area (Å²) in [6, 6.07) is 8.62. The second kappa shape index (κ2) is 6.79. The minimum Gasteiger partial charge on any atom is -0.374 e. The molecule has 0 unspecified atom stereocenters. The van der Waals surface area contributed by atoms with Crippen molar-refractivity contribution in [1.29, 1.82) is 0 Å². The van der Waals surface area contributed by atoms with Gasteiger partial charge in [0.15, 0.2) is 0 Å². The molecular formula is C16H28N2. The van der Waals surface area contributed by atoms with Crippen molar-refractivity contribution in [2.75, 3.05) is 32.1 Å². The van der Waals surface area contributed by atoms with Gasteiger partial charge in [-0.2, -0.15) is 0 Å². The molecule has 0 bridgehead atoms. The molecule has 1 aromatic carbocycles. The Kier molecular flexibility index (Phi) is 5.67. The Bertz CT molecular complexity index is 356. The monoisotopic (exact) mass is 248 g/mol. The van der Waals surface area contributed by atoms with E-state index in [-0.39, 0.29) is 0 Å². The van der Waals surface area contributed by atoms with Gasteiger partial charge < -0.3 is 10.2 Å². The van der Waals surface area contributed by atoms with Crippen molar-refractivity contribution < 1.29 is 0 Å². The van der Waals surface area contributed by atoms with E-state index in [0.29, 0.717) is 5.41 Å². The molecule has 0 amide bonds. The second-order valence-corrected chi connectivity index (χ2v) is 5.38. The number of anilines is 1. The maximum Gasteiger partial charge on any atom is 0.0393 e. The van der Waals surface area contributed by atoms with E-state index < -0.39 is 0 Å². The smallest absolute Gasteiger partial charge is 0.0393 e. The minimum atomic E-state index is 0.367. The van der Waals surface area contributed by atoms with Crippen molar-refractivity contribution >= 4 is 5.69 Å². The van der Waals surface area contributed by atoms with Crippen molar-refractivity contribution in [3.8, 4) is 0 Å². The van der Waals surface area contributed by atoms with Crippen LogP contribution in [0.5, 0.6) is 0 Å². The first-order valence-corrected chi connectivity index (χ1v) is 7.00. The largest absolute Gasteiger partial charge is 0.374 e. The molecule has 0 aliphatic rings. The van der Waals surface area contributed by atoms with Crippen molar-refractivity contribution in [1.82, 2.24) is 5.32 Å². The minimum absolute atomic E-state index is 0.367. The molecule has 0 aliphatic heterocycles. The molecule has 0 atom stereocenters. The summed E-state index contributed by atoms with van der Waals surface area (Å²) in [4.78, 5) is 2.40. The van der Waals surface area contributed by atoms with Crippen molar-refractivity contribution in [3.05, 3.63) is 29.8 Å². The van der Waals surface area contributed by atoms with E-state index in [4.69, 9.17) is 0 Å². The fraction of sp³-hybridized carbons (Fsp3) is 0.625. The average molecular weight is 248 g/mol. The van der Waals surface area contributed by atoms with E-state index in [9.17, 15) is 0 Å². The van der Waals surface area contributed by atoms with Crippen molar-refractivity contribution in [2.24, 2.45) is 5.41 Å². The molecule has 0 saturated carbocycles. The van der Waals surface area contributed by atoms with Crippen LogP contribution in [0.3, 0.4) is 0 Å². The lowest BCUT2D eigenvalue weighted by Gasteiger charge is -2.37. The molecule has 0 heterocycles. The third-order valence-corrected chi connectivity index (χ3v) is 4.15. The molecule has 2 heteroatoms. The predicted octanol–water partition coefficient (Wildman–Crippen LogP) is 3.46. The zero-order valence-corrected chi connectivity index (χ0v) is 12.6. The van der Waals surface area contributed by atoms with Crippen LogP contribution in [0.2, 0.25) is 0 Å². The maximum atomic E-state index is 3.36. The summed E-state index contributed by atoms with van der Waals surface area (Å²) >= 11 is 0. The molecule has 1 aromatic rings. The van der Waals surface area contributed by atoms with Gasteiger partial charge in [-0.25, -0.2) is 0 Å². The molecule has 0 saturated heterocycles. The second-order valence-electron chi connectivity index (χ2n) is 5.38. The molecule has 2 nitrogen and oxygen atoms in total. The van der Waals surface area contributed by atoms with Gasteiger partial charge in [-0.1, -0.05) is 32.0 Å². The van der Waals surface area contributed by atoms with Crippen LogP contribution in [0.1, 0.15) is 32.3 Å². The average Bonchev–Trinajstić information content (AvgIpc) is 2.38. The molecule has 0 fully saturated rings. The van der Waals surface area contributed by atoms with Crippen molar-refractivity contribution in [3.63, 3.8) is 0 Å². The number of para-hydroxylation sites is 1. The lowest BCUT2D eigenvalue weighted by molar-refractivity contribution is 0.262. The SMILES string of the molecule is CCC(CC)(CNC)CN(C)c1ccccc1C. The molecule has 1 rings (SSSR count). The third-order valence-electron chi connectivity index (χ3n) is 4.15. The summed E-state index contributed by atoms with van der Waals surface area (Å²) < 4.78 is 0. The van der Waals surface area contributed by atoms with Gasteiger partial charge in [-0.3, -0.25) is 0 Å². The Morgan fingerprint density at radius 2 is 1.78 bits per heavy atom. The quantitative estimate of drug-likeness (QED) is 0.795.